The zero-order valence-electron chi connectivity index (χ0n) is 16.5. The minimum absolute atomic E-state index is 0.0882. The van der Waals surface area contributed by atoms with E-state index < -0.39 is 0 Å². The first-order valence-corrected chi connectivity index (χ1v) is 13.3. The second-order valence-electron chi connectivity index (χ2n) is 7.30. The number of benzene rings is 4. The Labute approximate surface area is 197 Å². The molecule has 0 N–H and O–H groups in total. The number of nitrogens with zero attached hydrogens (tertiary/aromatic N) is 4. The standard InChI is InChI=1S/C26H12N4Se2/c1-28-18-8-6-17(7-9-18)26-30-20-11-12-21-23-19(10-13-22(32-26)24(20)23)29-25(31-21)16-4-2-15(14-27)3-5-16/h2-13H. The molecule has 0 amide bonds. The summed E-state index contributed by atoms with van der Waals surface area (Å²) >= 11 is 0.179. The van der Waals surface area contributed by atoms with Gasteiger partial charge in [0.2, 0.25) is 0 Å². The van der Waals surface area contributed by atoms with Crippen LogP contribution in [0.3, 0.4) is 0 Å². The molecule has 0 unspecified atom stereocenters. The van der Waals surface area contributed by atoms with Crippen LogP contribution >= 0.6 is 0 Å². The molecular weight excluding hydrogens is 526 g/mol. The van der Waals surface area contributed by atoms with E-state index in [4.69, 9.17) is 21.8 Å². The maximum absolute atomic E-state index is 9.07. The molecule has 0 aliphatic carbocycles. The first kappa shape index (κ1) is 19.2. The quantitative estimate of drug-likeness (QED) is 0.280. The normalized spacial score (nSPS) is 13.7. The summed E-state index contributed by atoms with van der Waals surface area (Å²) in [6.07, 6.45) is 0. The maximum atomic E-state index is 9.07. The molecule has 4 aromatic carbocycles. The Hall–Kier alpha value is -3.50. The summed E-state index contributed by atoms with van der Waals surface area (Å²) in [5, 5.41) is 11.6. The van der Waals surface area contributed by atoms with Gasteiger partial charge in [-0.15, -0.1) is 0 Å². The number of rotatable bonds is 2. The van der Waals surface area contributed by atoms with Crippen molar-refractivity contribution in [1.82, 2.24) is 0 Å². The molecule has 148 valence electrons. The molecule has 0 saturated heterocycles. The Morgan fingerprint density at radius 2 is 1.19 bits per heavy atom. The van der Waals surface area contributed by atoms with Gasteiger partial charge in [-0.2, -0.15) is 0 Å². The van der Waals surface area contributed by atoms with Gasteiger partial charge >= 0.3 is 198 Å². The fourth-order valence-electron chi connectivity index (χ4n) is 3.84. The molecule has 2 heterocycles. The van der Waals surface area contributed by atoms with Crippen molar-refractivity contribution in [3.63, 3.8) is 0 Å². The van der Waals surface area contributed by atoms with E-state index in [-0.39, 0.29) is 29.9 Å². The van der Waals surface area contributed by atoms with Crippen LogP contribution in [-0.2, 0) is 0 Å². The molecule has 32 heavy (non-hydrogen) atoms. The summed E-state index contributed by atoms with van der Waals surface area (Å²) < 4.78 is 4.84. The van der Waals surface area contributed by atoms with Crippen LogP contribution < -0.4 is 8.92 Å². The van der Waals surface area contributed by atoms with Gasteiger partial charge in [-0.25, -0.2) is 0 Å². The second-order valence-corrected chi connectivity index (χ2v) is 11.6. The van der Waals surface area contributed by atoms with Gasteiger partial charge in [-0.3, -0.25) is 0 Å². The molecule has 0 bridgehead atoms. The first-order chi connectivity index (χ1) is 15.7. The third-order valence-corrected chi connectivity index (χ3v) is 9.94. The van der Waals surface area contributed by atoms with Crippen molar-refractivity contribution in [3.8, 4) is 6.07 Å². The summed E-state index contributed by atoms with van der Waals surface area (Å²) in [5.74, 6) is 0. The Morgan fingerprint density at radius 3 is 1.66 bits per heavy atom. The zero-order chi connectivity index (χ0) is 21.7. The summed E-state index contributed by atoms with van der Waals surface area (Å²) in [5.41, 5.74) is 5.48. The monoisotopic (exact) mass is 540 g/mol. The van der Waals surface area contributed by atoms with Gasteiger partial charge in [0.25, 0.3) is 0 Å². The molecule has 0 spiro atoms. The number of hydrogen-bond acceptors (Lipinski definition) is 3. The average Bonchev–Trinajstić information content (AvgIpc) is 2.87. The Bertz CT molecular complexity index is 1450. The van der Waals surface area contributed by atoms with Gasteiger partial charge in [-0.1, -0.05) is 0 Å². The van der Waals surface area contributed by atoms with Crippen molar-refractivity contribution in [3.05, 3.63) is 101 Å². The van der Waals surface area contributed by atoms with Crippen molar-refractivity contribution in [2.75, 3.05) is 0 Å². The summed E-state index contributed by atoms with van der Waals surface area (Å²) in [6.45, 7) is 7.16. The summed E-state index contributed by atoms with van der Waals surface area (Å²) in [4.78, 5) is 13.5. The van der Waals surface area contributed by atoms with Gasteiger partial charge in [0.05, 0.1) is 0 Å². The van der Waals surface area contributed by atoms with E-state index >= 15 is 0 Å². The summed E-state index contributed by atoms with van der Waals surface area (Å²) in [6, 6.07) is 26.3. The van der Waals surface area contributed by atoms with Gasteiger partial charge in [0.15, 0.2) is 0 Å². The van der Waals surface area contributed by atoms with Crippen molar-refractivity contribution in [2.24, 2.45) is 9.98 Å². The van der Waals surface area contributed by atoms with E-state index in [1.165, 1.54) is 19.7 Å². The molecule has 6 heteroatoms. The Balaban J connectivity index is 1.46. The first-order valence-electron chi connectivity index (χ1n) is 9.85. The molecule has 0 saturated carbocycles. The molecule has 6 rings (SSSR count). The van der Waals surface area contributed by atoms with Crippen molar-refractivity contribution < 1.29 is 0 Å². The zero-order valence-corrected chi connectivity index (χ0v) is 20.0. The van der Waals surface area contributed by atoms with Gasteiger partial charge in [-0.05, 0) is 0 Å². The van der Waals surface area contributed by atoms with Crippen LogP contribution in [0.25, 0.3) is 15.6 Å². The van der Waals surface area contributed by atoms with Gasteiger partial charge in [0, 0.05) is 0 Å². The van der Waals surface area contributed by atoms with E-state index in [2.05, 4.69) is 35.2 Å². The molecule has 0 radical (unpaired) electrons. The minimum atomic E-state index is 0.0882. The van der Waals surface area contributed by atoms with Crippen LogP contribution in [-0.4, -0.2) is 39.1 Å². The number of hydrogen-bond donors (Lipinski definition) is 0. The van der Waals surface area contributed by atoms with Crippen molar-refractivity contribution in [2.45, 2.75) is 0 Å². The van der Waals surface area contributed by atoms with E-state index in [0.29, 0.717) is 11.3 Å². The van der Waals surface area contributed by atoms with E-state index in [1.807, 2.05) is 48.5 Å². The number of aliphatic imine (C=N–C) groups is 2. The van der Waals surface area contributed by atoms with E-state index in [0.717, 1.165) is 31.7 Å². The molecule has 4 aromatic rings. The van der Waals surface area contributed by atoms with Crippen LogP contribution in [0.4, 0.5) is 17.1 Å². The predicted octanol–water partition coefficient (Wildman–Crippen LogP) is 4.11. The van der Waals surface area contributed by atoms with Gasteiger partial charge in [0.1, 0.15) is 0 Å². The van der Waals surface area contributed by atoms with Crippen LogP contribution in [0.15, 0.2) is 82.8 Å². The third-order valence-electron chi connectivity index (χ3n) is 5.40. The number of nitriles is 1. The Kier molecular flexibility index (Phi) is 4.54. The summed E-state index contributed by atoms with van der Waals surface area (Å²) in [7, 11) is 0. The average molecular weight is 538 g/mol. The van der Waals surface area contributed by atoms with Crippen LogP contribution in [0, 0.1) is 17.9 Å². The van der Waals surface area contributed by atoms with E-state index in [9.17, 15) is 0 Å². The molecule has 0 aromatic heterocycles. The molecule has 4 nitrogen and oxygen atoms in total. The molecule has 0 atom stereocenters. The van der Waals surface area contributed by atoms with Crippen molar-refractivity contribution >= 4 is 75.9 Å². The molecule has 2 aliphatic rings. The van der Waals surface area contributed by atoms with Gasteiger partial charge < -0.3 is 0 Å². The van der Waals surface area contributed by atoms with Crippen LogP contribution in [0.1, 0.15) is 16.7 Å². The predicted molar refractivity (Wildman–Crippen MR) is 131 cm³/mol. The molecule has 0 fully saturated rings. The van der Waals surface area contributed by atoms with E-state index in [1.54, 1.807) is 0 Å². The molecular formula is C26H12N4Se2. The molecule has 2 aliphatic heterocycles. The van der Waals surface area contributed by atoms with Crippen molar-refractivity contribution in [1.29, 1.82) is 5.26 Å². The fraction of sp³-hybridized carbons (Fsp3) is 0. The Morgan fingerprint density at radius 1 is 0.688 bits per heavy atom. The fourth-order valence-corrected chi connectivity index (χ4v) is 8.25. The van der Waals surface area contributed by atoms with Crippen LogP contribution in [0.5, 0.6) is 0 Å². The second kappa shape index (κ2) is 7.57. The third kappa shape index (κ3) is 3.10. The van der Waals surface area contributed by atoms with Crippen LogP contribution in [0.2, 0.25) is 0 Å². The SMILES string of the molecule is [C-]#[N+]c1ccc(C2=Nc3ccc4c5c(ccc(c35)[Se]2)N=C(c2ccc(C#N)cc2)[Se]4)cc1. The topological polar surface area (TPSA) is 52.9 Å².